The molecule has 0 spiro atoms. The quantitative estimate of drug-likeness (QED) is 0.643. The summed E-state index contributed by atoms with van der Waals surface area (Å²) < 4.78 is 12.0. The zero-order valence-corrected chi connectivity index (χ0v) is 14.6. The number of carbonyl (C=O) groups is 1. The number of hydrogen-bond donors (Lipinski definition) is 1. The number of esters is 1. The number of aliphatic hydroxyl groups is 1. The highest BCUT2D eigenvalue weighted by Gasteiger charge is 2.64. The first-order chi connectivity index (χ1) is 8.95. The van der Waals surface area contributed by atoms with Gasteiger partial charge >= 0.3 is 5.97 Å². The predicted octanol–water partition coefficient (Wildman–Crippen LogP) is 2.85. The Morgan fingerprint density at radius 3 is 2.45 bits per heavy atom. The van der Waals surface area contributed by atoms with E-state index in [1.54, 1.807) is 0 Å². The van der Waals surface area contributed by atoms with Crippen LogP contribution >= 0.6 is 0 Å². The molecule has 1 aliphatic carbocycles. The van der Waals surface area contributed by atoms with E-state index in [2.05, 4.69) is 33.9 Å². The molecule has 116 valence electrons. The number of aliphatic hydroxyl groups excluding tert-OH is 1. The molecule has 1 heterocycles. The number of ether oxygens (including phenoxy) is 1. The summed E-state index contributed by atoms with van der Waals surface area (Å²) in [6, 6.07) is 0. The Morgan fingerprint density at radius 2 is 2.00 bits per heavy atom. The van der Waals surface area contributed by atoms with Gasteiger partial charge in [-0.25, -0.2) is 0 Å². The van der Waals surface area contributed by atoms with Crippen molar-refractivity contribution in [3.05, 3.63) is 0 Å². The molecule has 0 aromatic heterocycles. The molecule has 0 bridgehead atoms. The molecule has 2 fully saturated rings. The summed E-state index contributed by atoms with van der Waals surface area (Å²) in [5, 5.41) is 9.93. The molecular formula is C15H28O4Si. The van der Waals surface area contributed by atoms with Crippen molar-refractivity contribution in [1.29, 1.82) is 0 Å². The Kier molecular flexibility index (Phi) is 3.64. The van der Waals surface area contributed by atoms with Gasteiger partial charge in [0.25, 0.3) is 0 Å². The van der Waals surface area contributed by atoms with E-state index in [1.807, 2.05) is 6.92 Å². The Morgan fingerprint density at radius 1 is 1.40 bits per heavy atom. The molecule has 1 aliphatic heterocycles. The summed E-state index contributed by atoms with van der Waals surface area (Å²) in [6.45, 7) is 13.1. The van der Waals surface area contributed by atoms with Crippen molar-refractivity contribution in [2.24, 2.45) is 5.41 Å². The molecule has 1 saturated carbocycles. The van der Waals surface area contributed by atoms with Crippen molar-refractivity contribution in [1.82, 2.24) is 0 Å². The predicted molar refractivity (Wildman–Crippen MR) is 79.9 cm³/mol. The number of fused-ring (bicyclic) bond motifs is 1. The number of hydrogen-bond acceptors (Lipinski definition) is 4. The first-order valence-corrected chi connectivity index (χ1v) is 10.4. The van der Waals surface area contributed by atoms with Crippen LogP contribution in [0.3, 0.4) is 0 Å². The SMILES string of the molecule is CC(C)(C)[Si](C)(C)O[C@@H]1C[C@@]2(C)CC(=O)O[C@@]2(CO)C1. The van der Waals surface area contributed by atoms with Gasteiger partial charge < -0.3 is 14.3 Å². The molecule has 20 heavy (non-hydrogen) atoms. The lowest BCUT2D eigenvalue weighted by Crippen LogP contribution is -2.44. The lowest BCUT2D eigenvalue weighted by molar-refractivity contribution is -0.155. The van der Waals surface area contributed by atoms with Crippen LogP contribution in [0.4, 0.5) is 0 Å². The average Bonchev–Trinajstić information content (AvgIpc) is 2.60. The van der Waals surface area contributed by atoms with Gasteiger partial charge in [0.2, 0.25) is 0 Å². The van der Waals surface area contributed by atoms with E-state index in [0.717, 1.165) is 6.42 Å². The van der Waals surface area contributed by atoms with Gasteiger partial charge in [-0.2, -0.15) is 0 Å². The number of rotatable bonds is 3. The summed E-state index contributed by atoms with van der Waals surface area (Å²) in [7, 11) is -1.84. The molecule has 4 nitrogen and oxygen atoms in total. The van der Waals surface area contributed by atoms with Gasteiger partial charge in [0.1, 0.15) is 5.60 Å². The lowest BCUT2D eigenvalue weighted by Gasteiger charge is -2.38. The Balaban J connectivity index is 2.15. The highest BCUT2D eigenvalue weighted by molar-refractivity contribution is 6.74. The van der Waals surface area contributed by atoms with Crippen molar-refractivity contribution in [2.75, 3.05) is 6.61 Å². The van der Waals surface area contributed by atoms with Crippen LogP contribution in [-0.2, 0) is 14.0 Å². The van der Waals surface area contributed by atoms with Crippen molar-refractivity contribution >= 4 is 14.3 Å². The molecule has 0 aromatic carbocycles. The second-order valence-electron chi connectivity index (χ2n) is 8.27. The zero-order valence-electron chi connectivity index (χ0n) is 13.6. The molecule has 0 radical (unpaired) electrons. The van der Waals surface area contributed by atoms with Gasteiger partial charge in [-0.1, -0.05) is 27.7 Å². The molecule has 1 saturated heterocycles. The van der Waals surface area contributed by atoms with Crippen LogP contribution in [0.1, 0.15) is 47.0 Å². The second-order valence-corrected chi connectivity index (χ2v) is 13.0. The highest BCUT2D eigenvalue weighted by Crippen LogP contribution is 2.57. The maximum atomic E-state index is 11.6. The van der Waals surface area contributed by atoms with Gasteiger partial charge in [0.15, 0.2) is 8.32 Å². The summed E-state index contributed by atoms with van der Waals surface area (Å²) in [5.41, 5.74) is -1.01. The van der Waals surface area contributed by atoms with Crippen molar-refractivity contribution in [3.63, 3.8) is 0 Å². The monoisotopic (exact) mass is 300 g/mol. The third-order valence-corrected chi connectivity index (χ3v) is 10.2. The van der Waals surface area contributed by atoms with Gasteiger partial charge in [0, 0.05) is 17.9 Å². The fraction of sp³-hybridized carbons (Fsp3) is 0.933. The van der Waals surface area contributed by atoms with Crippen LogP contribution in [0.15, 0.2) is 0 Å². The number of carbonyl (C=O) groups excluding carboxylic acids is 1. The highest BCUT2D eigenvalue weighted by atomic mass is 28.4. The van der Waals surface area contributed by atoms with Gasteiger partial charge in [-0.05, 0) is 24.6 Å². The molecule has 2 rings (SSSR count). The maximum Gasteiger partial charge on any atom is 0.307 e. The molecule has 3 atom stereocenters. The summed E-state index contributed by atoms with van der Waals surface area (Å²) in [6.07, 6.45) is 1.90. The van der Waals surface area contributed by atoms with Gasteiger partial charge in [-0.3, -0.25) is 4.79 Å². The average molecular weight is 300 g/mol. The van der Waals surface area contributed by atoms with Gasteiger partial charge in [0.05, 0.1) is 13.0 Å². The summed E-state index contributed by atoms with van der Waals surface area (Å²) >= 11 is 0. The summed E-state index contributed by atoms with van der Waals surface area (Å²) in [4.78, 5) is 11.6. The molecule has 0 unspecified atom stereocenters. The molecule has 0 aromatic rings. The third kappa shape index (κ3) is 2.33. The first-order valence-electron chi connectivity index (χ1n) is 7.45. The van der Waals surface area contributed by atoms with Crippen LogP contribution in [0, 0.1) is 5.41 Å². The standard InChI is InChI=1S/C15H28O4Si/c1-13(2,3)20(5,6)19-11-7-14(4)9-12(17)18-15(14,8-11)10-16/h11,16H,7-10H2,1-6H3/t11-,14+,15-/m1/s1. The Labute approximate surface area is 123 Å². The minimum atomic E-state index is -1.84. The topological polar surface area (TPSA) is 55.8 Å². The van der Waals surface area contributed by atoms with Crippen molar-refractivity contribution in [2.45, 2.75) is 76.8 Å². The maximum absolute atomic E-state index is 11.6. The van der Waals surface area contributed by atoms with E-state index >= 15 is 0 Å². The largest absolute Gasteiger partial charge is 0.456 e. The normalized spacial score (nSPS) is 38.0. The van der Waals surface area contributed by atoms with Crippen LogP contribution in [0.25, 0.3) is 0 Å². The van der Waals surface area contributed by atoms with Crippen molar-refractivity contribution < 1.29 is 19.1 Å². The third-order valence-electron chi connectivity index (χ3n) is 5.70. The summed E-state index contributed by atoms with van der Waals surface area (Å²) in [5.74, 6) is -0.188. The minimum Gasteiger partial charge on any atom is -0.456 e. The lowest BCUT2D eigenvalue weighted by atomic mass is 9.76. The van der Waals surface area contributed by atoms with Crippen LogP contribution in [-0.4, -0.2) is 37.7 Å². The molecule has 5 heteroatoms. The van der Waals surface area contributed by atoms with Crippen LogP contribution in [0.5, 0.6) is 0 Å². The molecule has 2 aliphatic rings. The smallest absolute Gasteiger partial charge is 0.307 e. The minimum absolute atomic E-state index is 0.0844. The van der Waals surface area contributed by atoms with E-state index in [1.165, 1.54) is 0 Å². The molecule has 0 amide bonds. The molecule has 1 N–H and O–H groups in total. The Bertz CT molecular complexity index is 415. The van der Waals surface area contributed by atoms with Crippen LogP contribution in [0.2, 0.25) is 18.1 Å². The van der Waals surface area contributed by atoms with Crippen molar-refractivity contribution in [3.8, 4) is 0 Å². The van der Waals surface area contributed by atoms with Gasteiger partial charge in [-0.15, -0.1) is 0 Å². The second kappa shape index (κ2) is 4.55. The first kappa shape index (κ1) is 16.0. The fourth-order valence-corrected chi connectivity index (χ4v) is 4.66. The molecular weight excluding hydrogens is 272 g/mol. The zero-order chi connectivity index (χ0) is 15.4. The fourth-order valence-electron chi connectivity index (χ4n) is 3.31. The Hall–Kier alpha value is -0.393. The van der Waals surface area contributed by atoms with E-state index < -0.39 is 13.9 Å². The van der Waals surface area contributed by atoms with E-state index in [0.29, 0.717) is 12.8 Å². The van der Waals surface area contributed by atoms with E-state index in [-0.39, 0.29) is 29.1 Å². The van der Waals surface area contributed by atoms with E-state index in [9.17, 15) is 9.90 Å². The van der Waals surface area contributed by atoms with Crippen LogP contribution < -0.4 is 0 Å². The van der Waals surface area contributed by atoms with E-state index in [4.69, 9.17) is 9.16 Å².